The minimum absolute atomic E-state index is 0.0804. The fraction of sp³-hybridized carbons (Fsp3) is 0.435. The largest absolute Gasteiger partial charge is 0.496 e. The van der Waals surface area contributed by atoms with Crippen LogP contribution < -0.4 is 15.4 Å². The molecule has 0 saturated carbocycles. The fourth-order valence-electron chi connectivity index (χ4n) is 3.83. The van der Waals surface area contributed by atoms with Gasteiger partial charge in [-0.25, -0.2) is 0 Å². The predicted octanol–water partition coefficient (Wildman–Crippen LogP) is 2.17. The van der Waals surface area contributed by atoms with E-state index in [1.54, 1.807) is 43.4 Å². The highest BCUT2D eigenvalue weighted by Crippen LogP contribution is 2.26. The second kappa shape index (κ2) is 11.6. The Kier molecular flexibility index (Phi) is 8.64. The van der Waals surface area contributed by atoms with Crippen LogP contribution in [0.25, 0.3) is 0 Å². The van der Waals surface area contributed by atoms with Crippen LogP contribution in [0.15, 0.2) is 41.8 Å². The molecular formula is C23H29N3O5S. The Bertz CT molecular complexity index is 910. The maximum Gasteiger partial charge on any atom is 0.262 e. The van der Waals surface area contributed by atoms with Gasteiger partial charge in [-0.2, -0.15) is 0 Å². The van der Waals surface area contributed by atoms with E-state index in [0.29, 0.717) is 55.3 Å². The Morgan fingerprint density at radius 2 is 1.88 bits per heavy atom. The van der Waals surface area contributed by atoms with Crippen molar-refractivity contribution in [1.82, 2.24) is 15.5 Å². The third-order valence-corrected chi connectivity index (χ3v) is 6.42. The molecule has 3 amide bonds. The van der Waals surface area contributed by atoms with Gasteiger partial charge in [-0.05, 0) is 42.3 Å². The number of hydrogen-bond acceptors (Lipinski definition) is 6. The lowest BCUT2D eigenvalue weighted by molar-refractivity contribution is -0.124. The molecule has 0 unspecified atom stereocenters. The van der Waals surface area contributed by atoms with Crippen LogP contribution in [0.3, 0.4) is 0 Å². The van der Waals surface area contributed by atoms with Crippen molar-refractivity contribution in [2.75, 3.05) is 40.5 Å². The van der Waals surface area contributed by atoms with Gasteiger partial charge in [0.25, 0.3) is 11.8 Å². The Morgan fingerprint density at radius 3 is 2.53 bits per heavy atom. The Hall–Kier alpha value is -2.91. The lowest BCUT2D eigenvalue weighted by Crippen LogP contribution is -2.54. The fourth-order valence-corrected chi connectivity index (χ4v) is 4.46. The van der Waals surface area contributed by atoms with Gasteiger partial charge in [-0.1, -0.05) is 18.2 Å². The van der Waals surface area contributed by atoms with Crippen molar-refractivity contribution >= 4 is 29.1 Å². The molecule has 1 aliphatic rings. The van der Waals surface area contributed by atoms with Gasteiger partial charge in [0.1, 0.15) is 11.8 Å². The Balaban J connectivity index is 1.66. The smallest absolute Gasteiger partial charge is 0.262 e. The quantitative estimate of drug-likeness (QED) is 0.560. The summed E-state index contributed by atoms with van der Waals surface area (Å²) in [6.45, 7) is 1.76. The molecule has 8 nitrogen and oxygen atoms in total. The number of rotatable bonds is 9. The zero-order chi connectivity index (χ0) is 22.9. The van der Waals surface area contributed by atoms with Crippen LogP contribution in [0.2, 0.25) is 0 Å². The molecule has 172 valence electrons. The molecule has 32 heavy (non-hydrogen) atoms. The van der Waals surface area contributed by atoms with Crippen LogP contribution in [0.1, 0.15) is 32.9 Å². The van der Waals surface area contributed by atoms with E-state index in [1.807, 2.05) is 17.5 Å². The van der Waals surface area contributed by atoms with Crippen molar-refractivity contribution in [3.8, 4) is 5.75 Å². The number of para-hydroxylation sites is 1. The normalized spacial score (nSPS) is 15.1. The van der Waals surface area contributed by atoms with Gasteiger partial charge in [0.15, 0.2) is 0 Å². The van der Waals surface area contributed by atoms with Crippen molar-refractivity contribution in [1.29, 1.82) is 0 Å². The first-order valence-electron chi connectivity index (χ1n) is 10.6. The number of hydrogen-bond donors (Lipinski definition) is 2. The maximum absolute atomic E-state index is 13.0. The molecule has 1 aromatic carbocycles. The summed E-state index contributed by atoms with van der Waals surface area (Å²) in [5, 5.41) is 7.56. The molecule has 2 heterocycles. The number of carbonyl (C=O) groups excluding carboxylic acids is 3. The average molecular weight is 460 g/mol. The summed E-state index contributed by atoms with van der Waals surface area (Å²) >= 11 is 1.33. The van der Waals surface area contributed by atoms with Crippen LogP contribution in [-0.4, -0.2) is 69.1 Å². The highest BCUT2D eigenvalue weighted by Gasteiger charge is 2.34. The minimum Gasteiger partial charge on any atom is -0.496 e. The van der Waals surface area contributed by atoms with Crippen LogP contribution in [0.4, 0.5) is 0 Å². The summed E-state index contributed by atoms with van der Waals surface area (Å²) in [5.74, 6) is -0.132. The molecule has 0 radical (unpaired) electrons. The van der Waals surface area contributed by atoms with Gasteiger partial charge in [0.05, 0.1) is 24.2 Å². The van der Waals surface area contributed by atoms with Gasteiger partial charge in [-0.15, -0.1) is 11.3 Å². The number of likely N-dealkylation sites (tertiary alicyclic amines) is 1. The average Bonchev–Trinajstić information content (AvgIpc) is 3.37. The van der Waals surface area contributed by atoms with Gasteiger partial charge in [-0.3, -0.25) is 14.4 Å². The number of nitrogens with zero attached hydrogens (tertiary/aromatic N) is 1. The molecule has 1 aromatic heterocycles. The monoisotopic (exact) mass is 459 g/mol. The summed E-state index contributed by atoms with van der Waals surface area (Å²) < 4.78 is 10.3. The standard InChI is InChI=1S/C23H29N3O5S/c1-30-14-11-24-22(28)20(25-21(27)19-8-5-15-32-19)16-9-12-26(13-10-16)23(29)17-6-3-4-7-18(17)31-2/h3-8,15-16,20H,9-14H2,1-2H3,(H,24,28)(H,25,27)/t20-/m1/s1. The second-order valence-corrected chi connectivity index (χ2v) is 8.49. The molecular weight excluding hydrogens is 430 g/mol. The number of piperidine rings is 1. The first-order valence-corrected chi connectivity index (χ1v) is 11.5. The zero-order valence-electron chi connectivity index (χ0n) is 18.3. The van der Waals surface area contributed by atoms with E-state index in [9.17, 15) is 14.4 Å². The Morgan fingerprint density at radius 1 is 1.12 bits per heavy atom. The predicted molar refractivity (Wildman–Crippen MR) is 122 cm³/mol. The van der Waals surface area contributed by atoms with E-state index in [4.69, 9.17) is 9.47 Å². The number of thiophene rings is 1. The summed E-state index contributed by atoms with van der Waals surface area (Å²) in [6, 6.07) is 10.0. The number of ether oxygens (including phenoxy) is 2. The molecule has 1 atom stereocenters. The van der Waals surface area contributed by atoms with Crippen LogP contribution in [0.5, 0.6) is 5.75 Å². The van der Waals surface area contributed by atoms with Gasteiger partial charge in [0.2, 0.25) is 5.91 Å². The van der Waals surface area contributed by atoms with Crippen LogP contribution in [-0.2, 0) is 9.53 Å². The first-order chi connectivity index (χ1) is 15.5. The third kappa shape index (κ3) is 5.86. The molecule has 3 rings (SSSR count). The second-order valence-electron chi connectivity index (χ2n) is 7.54. The molecule has 1 fully saturated rings. The van der Waals surface area contributed by atoms with Crippen molar-refractivity contribution in [3.63, 3.8) is 0 Å². The lowest BCUT2D eigenvalue weighted by atomic mass is 9.88. The van der Waals surface area contributed by atoms with Crippen molar-refractivity contribution < 1.29 is 23.9 Å². The summed E-state index contributed by atoms with van der Waals surface area (Å²) in [6.07, 6.45) is 1.21. The molecule has 0 aliphatic carbocycles. The third-order valence-electron chi connectivity index (χ3n) is 5.56. The maximum atomic E-state index is 13.0. The molecule has 1 saturated heterocycles. The van der Waals surface area contributed by atoms with Crippen molar-refractivity contribution in [2.45, 2.75) is 18.9 Å². The van der Waals surface area contributed by atoms with E-state index in [2.05, 4.69) is 10.6 Å². The first kappa shape index (κ1) is 23.7. The van der Waals surface area contributed by atoms with Crippen LogP contribution in [0, 0.1) is 5.92 Å². The van der Waals surface area contributed by atoms with E-state index in [1.165, 1.54) is 11.3 Å². The highest BCUT2D eigenvalue weighted by molar-refractivity contribution is 7.12. The van der Waals surface area contributed by atoms with Gasteiger partial charge < -0.3 is 25.0 Å². The number of amides is 3. The number of benzene rings is 1. The molecule has 0 bridgehead atoms. The SMILES string of the molecule is COCCNC(=O)[C@H](NC(=O)c1cccs1)C1CCN(C(=O)c2ccccc2OC)CC1. The minimum atomic E-state index is -0.676. The van der Waals surface area contributed by atoms with E-state index < -0.39 is 6.04 Å². The van der Waals surface area contributed by atoms with Gasteiger partial charge >= 0.3 is 0 Å². The number of carbonyl (C=O) groups is 3. The summed E-state index contributed by atoms with van der Waals surface area (Å²) in [5.41, 5.74) is 0.522. The molecule has 9 heteroatoms. The summed E-state index contributed by atoms with van der Waals surface area (Å²) in [7, 11) is 3.11. The number of methoxy groups -OCH3 is 2. The highest BCUT2D eigenvalue weighted by atomic mass is 32.1. The molecule has 2 aromatic rings. The molecule has 0 spiro atoms. The lowest BCUT2D eigenvalue weighted by Gasteiger charge is -2.36. The number of nitrogens with one attached hydrogen (secondary N) is 2. The molecule has 2 N–H and O–H groups in total. The topological polar surface area (TPSA) is 97.0 Å². The van der Waals surface area contributed by atoms with E-state index in [0.717, 1.165) is 0 Å². The van der Waals surface area contributed by atoms with Crippen molar-refractivity contribution in [3.05, 3.63) is 52.2 Å². The summed E-state index contributed by atoms with van der Waals surface area (Å²) in [4.78, 5) is 40.8. The van der Waals surface area contributed by atoms with Gasteiger partial charge in [0, 0.05) is 26.7 Å². The van der Waals surface area contributed by atoms with Crippen LogP contribution >= 0.6 is 11.3 Å². The molecule has 1 aliphatic heterocycles. The van der Waals surface area contributed by atoms with E-state index in [-0.39, 0.29) is 23.6 Å². The zero-order valence-corrected chi connectivity index (χ0v) is 19.2. The van der Waals surface area contributed by atoms with Crippen molar-refractivity contribution in [2.24, 2.45) is 5.92 Å². The Labute approximate surface area is 191 Å². The van der Waals surface area contributed by atoms with E-state index >= 15 is 0 Å².